The molecule has 2 nitrogen and oxygen atoms in total. The molecule has 1 rings (SSSR count). The van der Waals surface area contributed by atoms with Crippen LogP contribution in [0.5, 0.6) is 0 Å². The second-order valence-electron chi connectivity index (χ2n) is 3.96. The number of nitrogens with one attached hydrogen (secondary N) is 1. The molecule has 0 radical (unpaired) electrons. The van der Waals surface area contributed by atoms with Crippen LogP contribution < -0.4 is 5.32 Å². The maximum Gasteiger partial charge on any atom is 0.522 e. The lowest BCUT2D eigenvalue weighted by molar-refractivity contribution is -0.322. The number of ether oxygens (including phenoxy) is 1. The van der Waals surface area contributed by atoms with Crippen LogP contribution in [-0.4, -0.2) is 25.3 Å². The number of hydrogen-bond acceptors (Lipinski definition) is 3. The average Bonchev–Trinajstić information content (AvgIpc) is 2.36. The van der Waals surface area contributed by atoms with Crippen LogP contribution in [0.1, 0.15) is 18.9 Å². The van der Waals surface area contributed by atoms with E-state index in [2.05, 4.69) is 17.0 Å². The molecule has 0 unspecified atom stereocenters. The van der Waals surface area contributed by atoms with E-state index in [0.29, 0.717) is 0 Å². The van der Waals surface area contributed by atoms with Crippen molar-refractivity contribution >= 4 is 11.8 Å². The highest BCUT2D eigenvalue weighted by Gasteiger charge is 2.28. The van der Waals surface area contributed by atoms with Crippen LogP contribution in [0.2, 0.25) is 0 Å². The van der Waals surface area contributed by atoms with E-state index < -0.39 is 6.36 Å². The molecule has 1 aromatic rings. The SMILES string of the molecule is CCCNCc1ccc(SCCOC(F)(F)F)cc1. The lowest BCUT2D eigenvalue weighted by Gasteiger charge is -2.07. The zero-order valence-corrected chi connectivity index (χ0v) is 11.6. The van der Waals surface area contributed by atoms with Crippen LogP contribution in [0.25, 0.3) is 0 Å². The predicted octanol–water partition coefficient (Wildman–Crippen LogP) is 3.81. The van der Waals surface area contributed by atoms with Gasteiger partial charge in [-0.25, -0.2) is 0 Å². The molecule has 1 aromatic carbocycles. The van der Waals surface area contributed by atoms with Gasteiger partial charge in [0.25, 0.3) is 0 Å². The normalized spacial score (nSPS) is 11.8. The minimum absolute atomic E-state index is 0.285. The smallest absolute Gasteiger partial charge is 0.313 e. The number of benzene rings is 1. The Morgan fingerprint density at radius 3 is 2.47 bits per heavy atom. The zero-order chi connectivity index (χ0) is 14.1. The van der Waals surface area contributed by atoms with Gasteiger partial charge in [0.05, 0.1) is 6.61 Å². The minimum atomic E-state index is -4.53. The van der Waals surface area contributed by atoms with Gasteiger partial charge in [-0.1, -0.05) is 19.1 Å². The Morgan fingerprint density at radius 2 is 1.89 bits per heavy atom. The van der Waals surface area contributed by atoms with Crippen molar-refractivity contribution in [3.05, 3.63) is 29.8 Å². The number of hydrogen-bond donors (Lipinski definition) is 1. The largest absolute Gasteiger partial charge is 0.522 e. The van der Waals surface area contributed by atoms with Gasteiger partial charge in [-0.3, -0.25) is 4.74 Å². The topological polar surface area (TPSA) is 21.3 Å². The van der Waals surface area contributed by atoms with E-state index in [1.165, 1.54) is 17.3 Å². The van der Waals surface area contributed by atoms with Crippen molar-refractivity contribution in [3.8, 4) is 0 Å². The summed E-state index contributed by atoms with van der Waals surface area (Å²) >= 11 is 1.35. The van der Waals surface area contributed by atoms with Crippen LogP contribution in [0.4, 0.5) is 13.2 Å². The van der Waals surface area contributed by atoms with Crippen molar-refractivity contribution in [1.82, 2.24) is 5.32 Å². The minimum Gasteiger partial charge on any atom is -0.313 e. The van der Waals surface area contributed by atoms with E-state index in [0.717, 1.165) is 24.4 Å². The quantitative estimate of drug-likeness (QED) is 0.581. The summed E-state index contributed by atoms with van der Waals surface area (Å²) in [7, 11) is 0. The number of rotatable bonds is 8. The monoisotopic (exact) mass is 293 g/mol. The second kappa shape index (κ2) is 8.45. The second-order valence-corrected chi connectivity index (χ2v) is 5.13. The first-order chi connectivity index (χ1) is 9.01. The molecule has 0 saturated heterocycles. The summed E-state index contributed by atoms with van der Waals surface area (Å²) in [6, 6.07) is 7.80. The Hall–Kier alpha value is -0.720. The van der Waals surface area contributed by atoms with Gasteiger partial charge >= 0.3 is 6.36 Å². The van der Waals surface area contributed by atoms with Gasteiger partial charge in [-0.2, -0.15) is 0 Å². The highest BCUT2D eigenvalue weighted by atomic mass is 32.2. The molecular formula is C13H18F3NOS. The first-order valence-corrected chi connectivity index (χ1v) is 7.13. The van der Waals surface area contributed by atoms with Crippen LogP contribution in [-0.2, 0) is 11.3 Å². The molecule has 0 atom stereocenters. The fourth-order valence-electron chi connectivity index (χ4n) is 1.43. The lowest BCUT2D eigenvalue weighted by atomic mass is 10.2. The van der Waals surface area contributed by atoms with Gasteiger partial charge in [0.2, 0.25) is 0 Å². The Morgan fingerprint density at radius 1 is 1.21 bits per heavy atom. The molecule has 0 amide bonds. The van der Waals surface area contributed by atoms with E-state index >= 15 is 0 Å². The molecule has 0 aliphatic heterocycles. The molecule has 1 N–H and O–H groups in total. The van der Waals surface area contributed by atoms with Gasteiger partial charge in [-0.05, 0) is 30.7 Å². The Balaban J connectivity index is 2.24. The molecule has 0 aromatic heterocycles. The molecule has 0 aliphatic rings. The third-order valence-corrected chi connectivity index (χ3v) is 3.27. The molecule has 0 bridgehead atoms. The van der Waals surface area contributed by atoms with Gasteiger partial charge in [-0.15, -0.1) is 24.9 Å². The summed E-state index contributed by atoms with van der Waals surface area (Å²) < 4.78 is 38.9. The molecule has 0 aliphatic carbocycles. The summed E-state index contributed by atoms with van der Waals surface area (Å²) in [5.41, 5.74) is 1.17. The van der Waals surface area contributed by atoms with E-state index in [4.69, 9.17) is 0 Å². The standard InChI is InChI=1S/C13H18F3NOS/c1-2-7-17-10-11-3-5-12(6-4-11)19-9-8-18-13(14,15)16/h3-6,17H,2,7-10H2,1H3. The summed E-state index contributed by atoms with van der Waals surface area (Å²) in [6.07, 6.45) is -3.44. The zero-order valence-electron chi connectivity index (χ0n) is 10.8. The predicted molar refractivity (Wildman–Crippen MR) is 71.2 cm³/mol. The van der Waals surface area contributed by atoms with Crippen molar-refractivity contribution in [2.45, 2.75) is 31.1 Å². The van der Waals surface area contributed by atoms with Crippen LogP contribution in [0.15, 0.2) is 29.2 Å². The molecule has 6 heteroatoms. The molecular weight excluding hydrogens is 275 g/mol. The molecule has 0 heterocycles. The van der Waals surface area contributed by atoms with E-state index in [-0.39, 0.29) is 12.4 Å². The van der Waals surface area contributed by atoms with Crippen molar-refractivity contribution in [2.24, 2.45) is 0 Å². The lowest BCUT2D eigenvalue weighted by Crippen LogP contribution is -2.15. The third kappa shape index (κ3) is 8.13. The summed E-state index contributed by atoms with van der Waals surface area (Å²) in [4.78, 5) is 0.949. The van der Waals surface area contributed by atoms with E-state index in [9.17, 15) is 13.2 Å². The summed E-state index contributed by atoms with van der Waals surface area (Å²) in [5, 5.41) is 3.29. The van der Waals surface area contributed by atoms with Gasteiger partial charge < -0.3 is 5.32 Å². The van der Waals surface area contributed by atoms with Crippen molar-refractivity contribution in [1.29, 1.82) is 0 Å². The highest BCUT2D eigenvalue weighted by molar-refractivity contribution is 7.99. The fraction of sp³-hybridized carbons (Fsp3) is 0.538. The van der Waals surface area contributed by atoms with Crippen LogP contribution in [0, 0.1) is 0 Å². The van der Waals surface area contributed by atoms with Gasteiger partial charge in [0.1, 0.15) is 0 Å². The molecule has 19 heavy (non-hydrogen) atoms. The van der Waals surface area contributed by atoms with Gasteiger partial charge in [0.15, 0.2) is 0 Å². The first-order valence-electron chi connectivity index (χ1n) is 6.14. The van der Waals surface area contributed by atoms with Crippen molar-refractivity contribution in [2.75, 3.05) is 18.9 Å². The Bertz CT molecular complexity index is 354. The molecule has 0 fully saturated rings. The molecule has 0 spiro atoms. The maximum atomic E-state index is 11.7. The van der Waals surface area contributed by atoms with Gasteiger partial charge in [0, 0.05) is 17.2 Å². The van der Waals surface area contributed by atoms with E-state index in [1.54, 1.807) is 0 Å². The average molecular weight is 293 g/mol. The number of thioether (sulfide) groups is 1. The molecule has 0 saturated carbocycles. The van der Waals surface area contributed by atoms with E-state index in [1.807, 2.05) is 24.3 Å². The number of alkyl halides is 3. The maximum absolute atomic E-state index is 11.7. The first kappa shape index (κ1) is 16.3. The summed E-state index contributed by atoms with van der Waals surface area (Å²) in [5.74, 6) is 0.285. The van der Waals surface area contributed by atoms with Crippen molar-refractivity contribution < 1.29 is 17.9 Å². The third-order valence-electron chi connectivity index (χ3n) is 2.30. The number of halogens is 3. The Kier molecular flexibility index (Phi) is 7.27. The molecule has 108 valence electrons. The highest BCUT2D eigenvalue weighted by Crippen LogP contribution is 2.21. The van der Waals surface area contributed by atoms with Crippen LogP contribution >= 0.6 is 11.8 Å². The van der Waals surface area contributed by atoms with Crippen LogP contribution in [0.3, 0.4) is 0 Å². The van der Waals surface area contributed by atoms with Crippen molar-refractivity contribution in [3.63, 3.8) is 0 Å². The summed E-state index contributed by atoms with van der Waals surface area (Å²) in [6.45, 7) is 3.57. The Labute approximate surface area is 115 Å². The fourth-order valence-corrected chi connectivity index (χ4v) is 2.16.